The summed E-state index contributed by atoms with van der Waals surface area (Å²) in [5.74, 6) is -3.55. The van der Waals surface area contributed by atoms with Gasteiger partial charge >= 0.3 is 0 Å². The van der Waals surface area contributed by atoms with E-state index < -0.39 is 23.7 Å². The molecule has 0 aromatic heterocycles. The fraction of sp³-hybridized carbons (Fsp3) is 0.412. The fourth-order valence-electron chi connectivity index (χ4n) is 4.15. The molecule has 4 aliphatic rings. The van der Waals surface area contributed by atoms with Crippen LogP contribution in [0.2, 0.25) is 5.02 Å². The molecule has 1 aliphatic heterocycles. The minimum Gasteiger partial charge on any atom is -0.299 e. The molecule has 0 unspecified atom stereocenters. The second-order valence-corrected chi connectivity index (χ2v) is 6.96. The predicted octanol–water partition coefficient (Wildman–Crippen LogP) is 1.93. The fourth-order valence-corrected chi connectivity index (χ4v) is 4.33. The van der Waals surface area contributed by atoms with E-state index in [9.17, 15) is 19.2 Å². The van der Waals surface area contributed by atoms with Crippen molar-refractivity contribution < 1.29 is 19.2 Å². The highest BCUT2D eigenvalue weighted by Gasteiger charge is 2.63. The zero-order chi connectivity index (χ0) is 16.5. The molecular weight excluding hydrogens is 318 g/mol. The average molecular weight is 332 g/mol. The summed E-state index contributed by atoms with van der Waals surface area (Å²) in [6.45, 7) is 1.83. The SMILES string of the molecule is Cc1ccc(N2C(=O)[C@@H]3[C@@H](C2=O)[C@H]2CC(=O)[C@@H]3CC2=O)cc1Cl. The van der Waals surface area contributed by atoms with E-state index in [1.54, 1.807) is 18.2 Å². The molecule has 0 radical (unpaired) electrons. The Balaban J connectivity index is 1.79. The van der Waals surface area contributed by atoms with E-state index in [1.807, 2.05) is 6.92 Å². The molecule has 3 saturated carbocycles. The first-order valence-corrected chi connectivity index (χ1v) is 7.97. The van der Waals surface area contributed by atoms with Crippen molar-refractivity contribution in [1.29, 1.82) is 0 Å². The second kappa shape index (κ2) is 4.74. The number of hydrogen-bond donors (Lipinski definition) is 0. The maximum absolute atomic E-state index is 12.8. The lowest BCUT2D eigenvalue weighted by Crippen LogP contribution is -2.51. The Bertz CT molecular complexity index is 747. The second-order valence-electron chi connectivity index (χ2n) is 6.55. The number of rotatable bonds is 1. The van der Waals surface area contributed by atoms with Gasteiger partial charge in [-0.3, -0.25) is 19.2 Å². The van der Waals surface area contributed by atoms with Crippen LogP contribution in [0, 0.1) is 30.6 Å². The van der Waals surface area contributed by atoms with Crippen molar-refractivity contribution >= 4 is 40.7 Å². The summed E-state index contributed by atoms with van der Waals surface area (Å²) in [4.78, 5) is 50.8. The number of nitrogens with zero attached hydrogens (tertiary/aromatic N) is 1. The quantitative estimate of drug-likeness (QED) is 0.737. The number of imide groups is 1. The Morgan fingerprint density at radius 3 is 1.96 bits per heavy atom. The summed E-state index contributed by atoms with van der Waals surface area (Å²) in [6, 6.07) is 4.99. The van der Waals surface area contributed by atoms with Crippen LogP contribution in [0.3, 0.4) is 0 Å². The minimum absolute atomic E-state index is 0.0687. The number of anilines is 1. The normalized spacial score (nSPS) is 32.7. The maximum Gasteiger partial charge on any atom is 0.238 e. The van der Waals surface area contributed by atoms with Crippen molar-refractivity contribution in [2.75, 3.05) is 4.90 Å². The van der Waals surface area contributed by atoms with Crippen molar-refractivity contribution in [3.05, 3.63) is 28.8 Å². The molecule has 1 aromatic carbocycles. The molecule has 23 heavy (non-hydrogen) atoms. The monoisotopic (exact) mass is 331 g/mol. The maximum atomic E-state index is 12.8. The van der Waals surface area contributed by atoms with Gasteiger partial charge in [-0.2, -0.15) is 0 Å². The molecule has 2 bridgehead atoms. The number of fused-ring (bicyclic) bond motifs is 2. The Hall–Kier alpha value is -2.01. The number of carbonyl (C=O) groups is 4. The van der Waals surface area contributed by atoms with E-state index in [4.69, 9.17) is 11.6 Å². The van der Waals surface area contributed by atoms with Crippen molar-refractivity contribution in [3.63, 3.8) is 0 Å². The molecule has 1 saturated heterocycles. The van der Waals surface area contributed by atoms with Crippen molar-refractivity contribution in [2.24, 2.45) is 23.7 Å². The summed E-state index contributed by atoms with van der Waals surface area (Å²) in [6.07, 6.45) is 0.179. The van der Waals surface area contributed by atoms with Crippen LogP contribution < -0.4 is 4.90 Å². The van der Waals surface area contributed by atoms with Gasteiger partial charge in [0.25, 0.3) is 0 Å². The highest BCUT2D eigenvalue weighted by molar-refractivity contribution is 6.32. The third-order valence-electron chi connectivity index (χ3n) is 5.35. The van der Waals surface area contributed by atoms with Crippen LogP contribution >= 0.6 is 11.6 Å². The number of amides is 2. The summed E-state index contributed by atoms with van der Waals surface area (Å²) < 4.78 is 0. The van der Waals surface area contributed by atoms with E-state index in [0.29, 0.717) is 10.7 Å². The smallest absolute Gasteiger partial charge is 0.238 e. The molecule has 0 N–H and O–H groups in total. The Morgan fingerprint density at radius 1 is 0.957 bits per heavy atom. The van der Waals surface area contributed by atoms with Crippen molar-refractivity contribution in [3.8, 4) is 0 Å². The molecule has 5 rings (SSSR count). The standard InChI is InChI=1S/C17H14ClNO4/c1-7-2-3-8(4-11(7)18)19-16(22)14-9-5-12(20)10(6-13(9)21)15(14)17(19)23/h2-4,9-10,14-15H,5-6H2,1H3/t9-,10-,14-,15-/m0/s1. The first-order chi connectivity index (χ1) is 10.9. The number of hydrogen-bond acceptors (Lipinski definition) is 4. The van der Waals surface area contributed by atoms with Gasteiger partial charge in [0.1, 0.15) is 11.6 Å². The Kier molecular flexibility index (Phi) is 3.00. The van der Waals surface area contributed by atoms with Crippen molar-refractivity contribution in [1.82, 2.24) is 0 Å². The molecule has 4 fully saturated rings. The molecule has 2 amide bonds. The molecule has 0 spiro atoms. The molecule has 1 heterocycles. The lowest BCUT2D eigenvalue weighted by atomic mass is 9.58. The predicted molar refractivity (Wildman–Crippen MR) is 81.9 cm³/mol. The molecule has 4 atom stereocenters. The third kappa shape index (κ3) is 1.86. The molecule has 6 heteroatoms. The highest BCUT2D eigenvalue weighted by atomic mass is 35.5. The van der Waals surface area contributed by atoms with Gasteiger partial charge in [-0.25, -0.2) is 4.90 Å². The zero-order valence-corrected chi connectivity index (χ0v) is 13.2. The molecule has 5 nitrogen and oxygen atoms in total. The van der Waals surface area contributed by atoms with Gasteiger partial charge in [-0.15, -0.1) is 0 Å². The first kappa shape index (κ1) is 14.6. The number of aryl methyl sites for hydroxylation is 1. The van der Waals surface area contributed by atoms with E-state index in [0.717, 1.165) is 10.5 Å². The summed E-state index contributed by atoms with van der Waals surface area (Å²) in [7, 11) is 0. The zero-order valence-electron chi connectivity index (χ0n) is 12.4. The molecule has 118 valence electrons. The van der Waals surface area contributed by atoms with Crippen LogP contribution in [0.5, 0.6) is 0 Å². The topological polar surface area (TPSA) is 71.5 Å². The van der Waals surface area contributed by atoms with Gasteiger partial charge in [0, 0.05) is 29.7 Å². The molecule has 3 aliphatic carbocycles. The van der Waals surface area contributed by atoms with Crippen LogP contribution in [0.4, 0.5) is 5.69 Å². The summed E-state index contributed by atoms with van der Waals surface area (Å²) in [5, 5.41) is 0.466. The molecular formula is C17H14ClNO4. The van der Waals surface area contributed by atoms with Gasteiger partial charge in [-0.1, -0.05) is 17.7 Å². The van der Waals surface area contributed by atoms with Crippen LogP contribution in [-0.2, 0) is 19.2 Å². The van der Waals surface area contributed by atoms with Gasteiger partial charge in [0.05, 0.1) is 17.5 Å². The van der Waals surface area contributed by atoms with Crippen molar-refractivity contribution in [2.45, 2.75) is 19.8 Å². The van der Waals surface area contributed by atoms with Crippen LogP contribution in [-0.4, -0.2) is 23.4 Å². The molecule has 1 aromatic rings. The number of ketones is 2. The third-order valence-corrected chi connectivity index (χ3v) is 5.76. The number of benzene rings is 1. The van der Waals surface area contributed by atoms with Crippen LogP contribution in [0.1, 0.15) is 18.4 Å². The highest BCUT2D eigenvalue weighted by Crippen LogP contribution is 2.50. The number of Topliss-reactive ketones (excluding diaryl/α,β-unsaturated/α-hetero) is 2. The van der Waals surface area contributed by atoms with E-state index in [1.165, 1.54) is 0 Å². The van der Waals surface area contributed by atoms with Gasteiger partial charge < -0.3 is 0 Å². The van der Waals surface area contributed by atoms with E-state index in [-0.39, 0.29) is 36.2 Å². The number of halogens is 1. The van der Waals surface area contributed by atoms with Crippen LogP contribution in [0.15, 0.2) is 18.2 Å². The minimum atomic E-state index is -0.688. The Labute approximate surface area is 137 Å². The summed E-state index contributed by atoms with van der Waals surface area (Å²) in [5.41, 5.74) is 1.25. The largest absolute Gasteiger partial charge is 0.299 e. The van der Waals surface area contributed by atoms with E-state index >= 15 is 0 Å². The lowest BCUT2D eigenvalue weighted by molar-refractivity contribution is -0.153. The van der Waals surface area contributed by atoms with Crippen LogP contribution in [0.25, 0.3) is 0 Å². The van der Waals surface area contributed by atoms with Gasteiger partial charge in [-0.05, 0) is 24.6 Å². The summed E-state index contributed by atoms with van der Waals surface area (Å²) >= 11 is 6.10. The number of carbonyl (C=O) groups excluding carboxylic acids is 4. The lowest BCUT2D eigenvalue weighted by Gasteiger charge is -2.40. The Morgan fingerprint density at radius 2 is 1.48 bits per heavy atom. The first-order valence-electron chi connectivity index (χ1n) is 7.59. The van der Waals surface area contributed by atoms with E-state index in [2.05, 4.69) is 0 Å². The average Bonchev–Trinajstić information content (AvgIpc) is 2.77. The van der Waals surface area contributed by atoms with Gasteiger partial charge in [0.15, 0.2) is 0 Å². The van der Waals surface area contributed by atoms with Gasteiger partial charge in [0.2, 0.25) is 11.8 Å².